The summed E-state index contributed by atoms with van der Waals surface area (Å²) in [6, 6.07) is 7.13. The Morgan fingerprint density at radius 2 is 2.17 bits per heavy atom. The van der Waals surface area contributed by atoms with Crippen LogP contribution in [-0.4, -0.2) is 35.1 Å². The Morgan fingerprint density at radius 1 is 1.35 bits per heavy atom. The molecule has 3 rings (SSSR count). The summed E-state index contributed by atoms with van der Waals surface area (Å²) in [5.74, 6) is 0. The minimum atomic E-state index is 0. The van der Waals surface area contributed by atoms with Gasteiger partial charge in [0.05, 0.1) is 10.2 Å². The summed E-state index contributed by atoms with van der Waals surface area (Å²) in [7, 11) is 1.84. The lowest BCUT2D eigenvalue weighted by atomic mass is 10.1. The normalized spacial score (nSPS) is 18.8. The number of thiazole rings is 1. The first-order valence-electron chi connectivity index (χ1n) is 8.22. The van der Waals surface area contributed by atoms with Crippen molar-refractivity contribution in [3.8, 4) is 0 Å². The van der Waals surface area contributed by atoms with Crippen molar-refractivity contribution in [1.82, 2.24) is 14.8 Å². The van der Waals surface area contributed by atoms with E-state index in [9.17, 15) is 4.79 Å². The SMILES string of the molecule is CCN(Cc1ccc2c(c1)sc(=O)n2C)C1CCCNCC1.Cl. The fourth-order valence-electron chi connectivity index (χ4n) is 3.38. The molecule has 1 saturated heterocycles. The molecule has 4 nitrogen and oxygen atoms in total. The third-order valence-electron chi connectivity index (χ3n) is 4.71. The van der Waals surface area contributed by atoms with E-state index in [1.165, 1.54) is 36.2 Å². The van der Waals surface area contributed by atoms with E-state index in [1.54, 1.807) is 4.57 Å². The van der Waals surface area contributed by atoms with Gasteiger partial charge < -0.3 is 9.88 Å². The Bertz CT molecular complexity index is 689. The van der Waals surface area contributed by atoms with Crippen molar-refractivity contribution in [2.45, 2.75) is 38.8 Å². The maximum absolute atomic E-state index is 11.8. The summed E-state index contributed by atoms with van der Waals surface area (Å²) in [6.07, 6.45) is 3.77. The van der Waals surface area contributed by atoms with Crippen molar-refractivity contribution in [1.29, 1.82) is 0 Å². The standard InChI is InChI=1S/C17H25N3OS.ClH/c1-3-20(14-5-4-9-18-10-8-14)12-13-6-7-15-16(11-13)22-17(21)19(15)2;/h6-7,11,14,18H,3-5,8-10,12H2,1-2H3;1H. The molecule has 1 aromatic heterocycles. The predicted octanol–water partition coefficient (Wildman–Crippen LogP) is 2.99. The zero-order chi connectivity index (χ0) is 15.5. The van der Waals surface area contributed by atoms with Crippen molar-refractivity contribution < 1.29 is 0 Å². The van der Waals surface area contributed by atoms with Crippen LogP contribution in [0.15, 0.2) is 23.0 Å². The van der Waals surface area contributed by atoms with Crippen molar-refractivity contribution in [2.75, 3.05) is 19.6 Å². The average molecular weight is 356 g/mol. The highest BCUT2D eigenvalue weighted by Gasteiger charge is 2.19. The second-order valence-electron chi connectivity index (χ2n) is 6.13. The average Bonchev–Trinajstić information content (AvgIpc) is 2.73. The fourth-order valence-corrected chi connectivity index (χ4v) is 4.32. The molecule has 0 radical (unpaired) electrons. The van der Waals surface area contributed by atoms with Crippen molar-refractivity contribution in [3.05, 3.63) is 33.4 Å². The Morgan fingerprint density at radius 3 is 2.96 bits per heavy atom. The van der Waals surface area contributed by atoms with Gasteiger partial charge in [-0.3, -0.25) is 9.69 Å². The summed E-state index contributed by atoms with van der Waals surface area (Å²) >= 11 is 1.35. The van der Waals surface area contributed by atoms with Crippen molar-refractivity contribution in [3.63, 3.8) is 0 Å². The molecule has 1 unspecified atom stereocenters. The van der Waals surface area contributed by atoms with Gasteiger partial charge >= 0.3 is 4.87 Å². The predicted molar refractivity (Wildman–Crippen MR) is 101 cm³/mol. The molecule has 128 valence electrons. The first kappa shape index (κ1) is 18.5. The van der Waals surface area contributed by atoms with Gasteiger partial charge in [0.2, 0.25) is 0 Å². The van der Waals surface area contributed by atoms with Gasteiger partial charge in [-0.05, 0) is 56.6 Å². The molecule has 1 N–H and O–H groups in total. The van der Waals surface area contributed by atoms with Crippen LogP contribution in [0.5, 0.6) is 0 Å². The maximum Gasteiger partial charge on any atom is 0.307 e. The van der Waals surface area contributed by atoms with E-state index in [2.05, 4.69) is 35.3 Å². The molecule has 1 atom stereocenters. The van der Waals surface area contributed by atoms with Crippen molar-refractivity contribution in [2.24, 2.45) is 7.05 Å². The van der Waals surface area contributed by atoms with Crippen LogP contribution in [0.25, 0.3) is 10.2 Å². The van der Waals surface area contributed by atoms with Crippen molar-refractivity contribution >= 4 is 34.0 Å². The molecule has 0 saturated carbocycles. The second-order valence-corrected chi connectivity index (χ2v) is 7.12. The molecule has 0 bridgehead atoms. The van der Waals surface area contributed by atoms with Gasteiger partial charge in [-0.15, -0.1) is 12.4 Å². The molecular formula is C17H26ClN3OS. The Kier molecular flexibility index (Phi) is 6.65. The van der Waals surface area contributed by atoms with E-state index in [-0.39, 0.29) is 17.3 Å². The van der Waals surface area contributed by atoms with E-state index in [1.807, 2.05) is 7.05 Å². The molecule has 1 fully saturated rings. The number of benzene rings is 1. The molecule has 23 heavy (non-hydrogen) atoms. The summed E-state index contributed by atoms with van der Waals surface area (Å²) in [4.78, 5) is 14.5. The molecule has 1 aliphatic heterocycles. The van der Waals surface area contributed by atoms with Crippen LogP contribution >= 0.6 is 23.7 Å². The largest absolute Gasteiger partial charge is 0.317 e. The van der Waals surface area contributed by atoms with Gasteiger partial charge in [0.25, 0.3) is 0 Å². The number of hydrogen-bond donors (Lipinski definition) is 1. The van der Waals surface area contributed by atoms with Gasteiger partial charge in [-0.25, -0.2) is 0 Å². The van der Waals surface area contributed by atoms with E-state index in [0.717, 1.165) is 36.4 Å². The van der Waals surface area contributed by atoms with Crippen LogP contribution in [0.3, 0.4) is 0 Å². The summed E-state index contributed by atoms with van der Waals surface area (Å²) < 4.78 is 2.84. The van der Waals surface area contributed by atoms with Crippen LogP contribution in [0, 0.1) is 0 Å². The van der Waals surface area contributed by atoms with E-state index in [0.29, 0.717) is 6.04 Å². The Balaban J connectivity index is 0.00000192. The lowest BCUT2D eigenvalue weighted by Crippen LogP contribution is -2.35. The van der Waals surface area contributed by atoms with Gasteiger partial charge in [-0.2, -0.15) is 0 Å². The first-order valence-corrected chi connectivity index (χ1v) is 9.04. The molecule has 1 aromatic carbocycles. The quantitative estimate of drug-likeness (QED) is 0.916. The van der Waals surface area contributed by atoms with Gasteiger partial charge in [0.1, 0.15) is 0 Å². The number of fused-ring (bicyclic) bond motifs is 1. The first-order chi connectivity index (χ1) is 10.7. The molecule has 1 aliphatic rings. The van der Waals surface area contributed by atoms with Gasteiger partial charge in [0.15, 0.2) is 0 Å². The lowest BCUT2D eigenvalue weighted by molar-refractivity contribution is 0.182. The van der Waals surface area contributed by atoms with Gasteiger partial charge in [0, 0.05) is 19.6 Å². The molecule has 0 spiro atoms. The van der Waals surface area contributed by atoms with Crippen LogP contribution in [-0.2, 0) is 13.6 Å². The third-order valence-corrected chi connectivity index (χ3v) is 5.71. The number of rotatable bonds is 4. The highest BCUT2D eigenvalue weighted by atomic mass is 35.5. The number of aromatic nitrogens is 1. The van der Waals surface area contributed by atoms with E-state index >= 15 is 0 Å². The molecule has 0 amide bonds. The van der Waals surface area contributed by atoms with Gasteiger partial charge in [-0.1, -0.05) is 24.3 Å². The van der Waals surface area contributed by atoms with Crippen LogP contribution in [0.4, 0.5) is 0 Å². The molecule has 6 heteroatoms. The summed E-state index contributed by atoms with van der Waals surface area (Å²) in [5, 5.41) is 3.49. The van der Waals surface area contributed by atoms with E-state index < -0.39 is 0 Å². The Labute approximate surface area is 147 Å². The van der Waals surface area contributed by atoms with Crippen LogP contribution in [0.2, 0.25) is 0 Å². The minimum absolute atomic E-state index is 0. The molecular weight excluding hydrogens is 330 g/mol. The topological polar surface area (TPSA) is 37.3 Å². The Hall–Kier alpha value is -0.880. The highest BCUT2D eigenvalue weighted by molar-refractivity contribution is 7.16. The second kappa shape index (κ2) is 8.29. The smallest absolute Gasteiger partial charge is 0.307 e. The van der Waals surface area contributed by atoms with Crippen LogP contribution in [0.1, 0.15) is 31.7 Å². The molecule has 0 aliphatic carbocycles. The number of nitrogens with one attached hydrogen (secondary N) is 1. The highest BCUT2D eigenvalue weighted by Crippen LogP contribution is 2.21. The molecule has 2 aromatic rings. The zero-order valence-corrected chi connectivity index (χ0v) is 15.5. The maximum atomic E-state index is 11.8. The lowest BCUT2D eigenvalue weighted by Gasteiger charge is -2.30. The van der Waals surface area contributed by atoms with E-state index in [4.69, 9.17) is 0 Å². The molecule has 2 heterocycles. The fraction of sp³-hybridized carbons (Fsp3) is 0.588. The summed E-state index contributed by atoms with van der Waals surface area (Å²) in [5.41, 5.74) is 2.36. The minimum Gasteiger partial charge on any atom is -0.317 e. The number of aryl methyl sites for hydroxylation is 1. The number of nitrogens with zero attached hydrogens (tertiary/aromatic N) is 2. The third kappa shape index (κ3) is 4.15. The summed E-state index contributed by atoms with van der Waals surface area (Å²) in [6.45, 7) is 6.58. The van der Waals surface area contributed by atoms with Crippen LogP contribution < -0.4 is 10.2 Å². The monoisotopic (exact) mass is 355 g/mol. The number of halogens is 1. The zero-order valence-electron chi connectivity index (χ0n) is 13.9. The number of hydrogen-bond acceptors (Lipinski definition) is 4.